The molecular weight excluding hydrogens is 226 g/mol. The van der Waals surface area contributed by atoms with Gasteiger partial charge in [-0.05, 0) is 33.3 Å². The molecular formula is C13H19N5. The minimum Gasteiger partial charge on any atom is -0.346 e. The normalized spacial score (nSPS) is 18.5. The summed E-state index contributed by atoms with van der Waals surface area (Å²) in [6, 6.07) is 2.28. The van der Waals surface area contributed by atoms with Crippen molar-refractivity contribution in [3.63, 3.8) is 0 Å². The molecule has 1 N–H and O–H groups in total. The molecule has 2 rings (SSSR count). The zero-order chi connectivity index (χ0) is 13.3. The fourth-order valence-electron chi connectivity index (χ4n) is 2.29. The molecule has 96 valence electrons. The summed E-state index contributed by atoms with van der Waals surface area (Å²) in [5, 5.41) is 21.1. The molecule has 2 heterocycles. The SMILES string of the molecule is Cc1nnc(N2CCNCC2(C)C)c(C#N)c1C. The minimum absolute atomic E-state index is 0.0553. The Bertz CT molecular complexity index is 501. The standard InChI is InChI=1S/C13H19N5/c1-9-10(2)16-17-12(11(9)7-14)18-6-5-15-8-13(18,3)4/h15H,5-6,8H2,1-4H3. The van der Waals surface area contributed by atoms with Crippen LogP contribution in [0.3, 0.4) is 0 Å². The molecule has 0 amide bonds. The largest absolute Gasteiger partial charge is 0.346 e. The first kappa shape index (κ1) is 12.8. The van der Waals surface area contributed by atoms with E-state index in [0.29, 0.717) is 11.4 Å². The van der Waals surface area contributed by atoms with E-state index in [4.69, 9.17) is 0 Å². The molecule has 0 saturated carbocycles. The first-order chi connectivity index (χ1) is 8.47. The molecule has 0 spiro atoms. The highest BCUT2D eigenvalue weighted by Crippen LogP contribution is 2.28. The molecule has 1 aliphatic heterocycles. The van der Waals surface area contributed by atoms with Crippen LogP contribution in [0.25, 0.3) is 0 Å². The predicted molar refractivity (Wildman–Crippen MR) is 70.5 cm³/mol. The summed E-state index contributed by atoms with van der Waals surface area (Å²) >= 11 is 0. The average Bonchev–Trinajstić information content (AvgIpc) is 2.32. The smallest absolute Gasteiger partial charge is 0.170 e. The predicted octanol–water partition coefficient (Wildman–Crippen LogP) is 1.15. The van der Waals surface area contributed by atoms with E-state index in [-0.39, 0.29) is 5.54 Å². The number of hydrogen-bond donors (Lipinski definition) is 1. The topological polar surface area (TPSA) is 64.8 Å². The Morgan fingerprint density at radius 1 is 1.33 bits per heavy atom. The van der Waals surface area contributed by atoms with Gasteiger partial charge in [-0.3, -0.25) is 0 Å². The van der Waals surface area contributed by atoms with Crippen molar-refractivity contribution in [2.45, 2.75) is 33.2 Å². The van der Waals surface area contributed by atoms with Gasteiger partial charge in [-0.15, -0.1) is 5.10 Å². The third-order valence-corrected chi connectivity index (χ3v) is 3.60. The number of nitriles is 1. The van der Waals surface area contributed by atoms with Gasteiger partial charge in [0, 0.05) is 25.2 Å². The van der Waals surface area contributed by atoms with E-state index < -0.39 is 0 Å². The van der Waals surface area contributed by atoms with Crippen LogP contribution < -0.4 is 10.2 Å². The summed E-state index contributed by atoms with van der Waals surface area (Å²) in [6.07, 6.45) is 0. The third kappa shape index (κ3) is 2.04. The second kappa shape index (κ2) is 4.54. The Labute approximate surface area is 108 Å². The molecule has 1 aromatic rings. The highest BCUT2D eigenvalue weighted by molar-refractivity contribution is 5.59. The highest BCUT2D eigenvalue weighted by atomic mass is 15.3. The van der Waals surface area contributed by atoms with Gasteiger partial charge >= 0.3 is 0 Å². The molecule has 18 heavy (non-hydrogen) atoms. The van der Waals surface area contributed by atoms with Gasteiger partial charge in [0.25, 0.3) is 0 Å². The molecule has 0 aromatic carbocycles. The van der Waals surface area contributed by atoms with E-state index in [0.717, 1.165) is 30.9 Å². The van der Waals surface area contributed by atoms with Crippen molar-refractivity contribution in [2.75, 3.05) is 24.5 Å². The molecule has 1 aromatic heterocycles. The second-order valence-corrected chi connectivity index (χ2v) is 5.36. The number of anilines is 1. The zero-order valence-electron chi connectivity index (χ0n) is 11.4. The molecule has 1 aliphatic rings. The lowest BCUT2D eigenvalue weighted by atomic mass is 9.98. The van der Waals surface area contributed by atoms with E-state index in [1.807, 2.05) is 13.8 Å². The molecule has 0 aliphatic carbocycles. The minimum atomic E-state index is -0.0553. The summed E-state index contributed by atoms with van der Waals surface area (Å²) in [6.45, 7) is 10.7. The Kier molecular flexibility index (Phi) is 3.22. The summed E-state index contributed by atoms with van der Waals surface area (Å²) in [5.74, 6) is 0.715. The molecule has 0 bridgehead atoms. The van der Waals surface area contributed by atoms with Gasteiger partial charge in [-0.1, -0.05) is 0 Å². The molecule has 1 saturated heterocycles. The lowest BCUT2D eigenvalue weighted by molar-refractivity contribution is 0.376. The molecule has 0 unspecified atom stereocenters. The first-order valence-corrected chi connectivity index (χ1v) is 6.19. The van der Waals surface area contributed by atoms with Crippen LogP contribution in [0.5, 0.6) is 0 Å². The fourth-order valence-corrected chi connectivity index (χ4v) is 2.29. The molecule has 0 radical (unpaired) electrons. The van der Waals surface area contributed by atoms with Crippen molar-refractivity contribution in [2.24, 2.45) is 0 Å². The quantitative estimate of drug-likeness (QED) is 0.804. The Balaban J connectivity index is 2.51. The van der Waals surface area contributed by atoms with Crippen LogP contribution >= 0.6 is 0 Å². The average molecular weight is 245 g/mol. The monoisotopic (exact) mass is 245 g/mol. The van der Waals surface area contributed by atoms with Gasteiger partial charge in [-0.2, -0.15) is 10.4 Å². The van der Waals surface area contributed by atoms with Crippen LogP contribution in [0.4, 0.5) is 5.82 Å². The van der Waals surface area contributed by atoms with Crippen LogP contribution in [-0.4, -0.2) is 35.4 Å². The molecule has 5 heteroatoms. The zero-order valence-corrected chi connectivity index (χ0v) is 11.4. The van der Waals surface area contributed by atoms with Crippen LogP contribution in [0, 0.1) is 25.2 Å². The van der Waals surface area contributed by atoms with Gasteiger partial charge in [-0.25, -0.2) is 0 Å². The van der Waals surface area contributed by atoms with Crippen molar-refractivity contribution < 1.29 is 0 Å². The van der Waals surface area contributed by atoms with Gasteiger partial charge < -0.3 is 10.2 Å². The lowest BCUT2D eigenvalue weighted by Crippen LogP contribution is -2.58. The maximum absolute atomic E-state index is 9.36. The van der Waals surface area contributed by atoms with Crippen LogP contribution in [-0.2, 0) is 0 Å². The fraction of sp³-hybridized carbons (Fsp3) is 0.615. The van der Waals surface area contributed by atoms with Crippen LogP contribution in [0.15, 0.2) is 0 Å². The maximum atomic E-state index is 9.36. The van der Waals surface area contributed by atoms with E-state index in [1.165, 1.54) is 0 Å². The van der Waals surface area contributed by atoms with Crippen molar-refractivity contribution in [3.8, 4) is 6.07 Å². The summed E-state index contributed by atoms with van der Waals surface area (Å²) in [7, 11) is 0. The summed E-state index contributed by atoms with van der Waals surface area (Å²) < 4.78 is 0. The third-order valence-electron chi connectivity index (χ3n) is 3.60. The van der Waals surface area contributed by atoms with Crippen LogP contribution in [0.1, 0.15) is 30.7 Å². The maximum Gasteiger partial charge on any atom is 0.170 e. The second-order valence-electron chi connectivity index (χ2n) is 5.36. The number of aromatic nitrogens is 2. The Hall–Kier alpha value is -1.67. The van der Waals surface area contributed by atoms with Crippen molar-refractivity contribution in [1.29, 1.82) is 5.26 Å². The number of piperazine rings is 1. The number of rotatable bonds is 1. The van der Waals surface area contributed by atoms with E-state index in [1.54, 1.807) is 0 Å². The number of nitrogens with one attached hydrogen (secondary N) is 1. The van der Waals surface area contributed by atoms with Gasteiger partial charge in [0.15, 0.2) is 5.82 Å². The number of aryl methyl sites for hydroxylation is 1. The van der Waals surface area contributed by atoms with E-state index in [2.05, 4.69) is 40.3 Å². The van der Waals surface area contributed by atoms with Gasteiger partial charge in [0.05, 0.1) is 5.69 Å². The Morgan fingerprint density at radius 3 is 2.67 bits per heavy atom. The van der Waals surface area contributed by atoms with E-state index in [9.17, 15) is 5.26 Å². The van der Waals surface area contributed by atoms with Gasteiger partial charge in [0.1, 0.15) is 11.6 Å². The van der Waals surface area contributed by atoms with Crippen molar-refractivity contribution >= 4 is 5.82 Å². The van der Waals surface area contributed by atoms with Gasteiger partial charge in [0.2, 0.25) is 0 Å². The van der Waals surface area contributed by atoms with Crippen molar-refractivity contribution in [1.82, 2.24) is 15.5 Å². The highest BCUT2D eigenvalue weighted by Gasteiger charge is 2.32. The number of hydrogen-bond acceptors (Lipinski definition) is 5. The molecule has 1 fully saturated rings. The first-order valence-electron chi connectivity index (χ1n) is 6.19. The van der Waals surface area contributed by atoms with Crippen LogP contribution in [0.2, 0.25) is 0 Å². The Morgan fingerprint density at radius 2 is 2.06 bits per heavy atom. The number of nitrogens with zero attached hydrogens (tertiary/aromatic N) is 4. The summed E-state index contributed by atoms with van der Waals surface area (Å²) in [4.78, 5) is 2.18. The molecule has 0 atom stereocenters. The van der Waals surface area contributed by atoms with Crippen molar-refractivity contribution in [3.05, 3.63) is 16.8 Å². The van der Waals surface area contributed by atoms with E-state index >= 15 is 0 Å². The summed E-state index contributed by atoms with van der Waals surface area (Å²) in [5.41, 5.74) is 2.35. The molecule has 5 nitrogen and oxygen atoms in total. The lowest BCUT2D eigenvalue weighted by Gasteiger charge is -2.43.